The highest BCUT2D eigenvalue weighted by Gasteiger charge is 2.15. The number of nitrogens with zero attached hydrogens (tertiary/aromatic N) is 3. The maximum atomic E-state index is 11.8. The van der Waals surface area contributed by atoms with Gasteiger partial charge in [-0.3, -0.25) is 14.8 Å². The number of amides is 1. The zero-order valence-corrected chi connectivity index (χ0v) is 10.2. The van der Waals surface area contributed by atoms with E-state index < -0.39 is 0 Å². The van der Waals surface area contributed by atoms with E-state index >= 15 is 0 Å². The van der Waals surface area contributed by atoms with E-state index in [0.717, 1.165) is 0 Å². The third kappa shape index (κ3) is 2.07. The second-order valence-electron chi connectivity index (χ2n) is 2.76. The Morgan fingerprint density at radius 2 is 2.47 bits per heavy atom. The van der Waals surface area contributed by atoms with Gasteiger partial charge in [-0.15, -0.1) is 11.3 Å². The van der Waals surface area contributed by atoms with Crippen LogP contribution in [0.15, 0.2) is 22.2 Å². The van der Waals surface area contributed by atoms with Gasteiger partial charge in [0.15, 0.2) is 5.13 Å². The maximum Gasteiger partial charge on any atom is 0.276 e. The first-order valence-corrected chi connectivity index (χ1v) is 5.74. The fraction of sp³-hybridized carbons (Fsp3) is 0.125. The highest BCUT2D eigenvalue weighted by atomic mass is 79.9. The number of rotatable bonds is 2. The largest absolute Gasteiger partial charge is 0.296 e. The van der Waals surface area contributed by atoms with Crippen molar-refractivity contribution in [1.29, 1.82) is 0 Å². The summed E-state index contributed by atoms with van der Waals surface area (Å²) in [5, 5.41) is 9.02. The molecular formula is C8H7BrN4OS. The summed E-state index contributed by atoms with van der Waals surface area (Å²) in [6.07, 6.45) is 3.22. The molecule has 0 aliphatic heterocycles. The summed E-state index contributed by atoms with van der Waals surface area (Å²) in [6, 6.07) is 0. The van der Waals surface area contributed by atoms with Gasteiger partial charge in [-0.2, -0.15) is 5.10 Å². The van der Waals surface area contributed by atoms with Gasteiger partial charge in [-0.25, -0.2) is 4.98 Å². The monoisotopic (exact) mass is 286 g/mol. The van der Waals surface area contributed by atoms with E-state index in [0.29, 0.717) is 15.3 Å². The SMILES string of the molecule is Cn1ncc(Br)c1C(=O)Nc1nccs1. The van der Waals surface area contributed by atoms with Crippen molar-refractivity contribution in [2.45, 2.75) is 0 Å². The van der Waals surface area contributed by atoms with Crippen LogP contribution >= 0.6 is 27.3 Å². The van der Waals surface area contributed by atoms with Gasteiger partial charge in [0.2, 0.25) is 0 Å². The lowest BCUT2D eigenvalue weighted by Gasteiger charge is -2.02. The van der Waals surface area contributed by atoms with Gasteiger partial charge in [-0.05, 0) is 15.9 Å². The van der Waals surface area contributed by atoms with Gasteiger partial charge in [0.25, 0.3) is 5.91 Å². The highest BCUT2D eigenvalue weighted by Crippen LogP contribution is 2.17. The first kappa shape index (κ1) is 10.3. The molecule has 0 radical (unpaired) electrons. The molecule has 1 N–H and O–H groups in total. The van der Waals surface area contributed by atoms with Gasteiger partial charge in [0.1, 0.15) is 5.69 Å². The number of aromatic nitrogens is 3. The third-order valence-electron chi connectivity index (χ3n) is 1.76. The summed E-state index contributed by atoms with van der Waals surface area (Å²) in [5.41, 5.74) is 0.477. The zero-order valence-electron chi connectivity index (χ0n) is 7.77. The molecule has 0 fully saturated rings. The Kier molecular flexibility index (Phi) is 2.83. The first-order valence-electron chi connectivity index (χ1n) is 4.07. The van der Waals surface area contributed by atoms with Gasteiger partial charge < -0.3 is 0 Å². The summed E-state index contributed by atoms with van der Waals surface area (Å²) >= 11 is 4.63. The standard InChI is InChI=1S/C8H7BrN4OS/c1-13-6(5(9)4-11-13)7(14)12-8-10-2-3-15-8/h2-4H,1H3,(H,10,12,14). The molecule has 78 valence electrons. The predicted molar refractivity (Wildman–Crippen MR) is 61.0 cm³/mol. The Hall–Kier alpha value is -1.21. The Balaban J connectivity index is 2.22. The van der Waals surface area contributed by atoms with Crippen molar-refractivity contribution in [2.75, 3.05) is 5.32 Å². The number of halogens is 1. The molecule has 0 aliphatic rings. The molecule has 2 rings (SSSR count). The van der Waals surface area contributed by atoms with Crippen molar-refractivity contribution in [3.05, 3.63) is 27.9 Å². The van der Waals surface area contributed by atoms with Crippen molar-refractivity contribution < 1.29 is 4.79 Å². The summed E-state index contributed by atoms with van der Waals surface area (Å²) in [7, 11) is 1.71. The second-order valence-corrected chi connectivity index (χ2v) is 4.51. The number of thiazole rings is 1. The molecule has 7 heteroatoms. The van der Waals surface area contributed by atoms with Crippen LogP contribution in [0.2, 0.25) is 0 Å². The number of anilines is 1. The van der Waals surface area contributed by atoms with Crippen LogP contribution in [0.3, 0.4) is 0 Å². The number of hydrogen-bond acceptors (Lipinski definition) is 4. The summed E-state index contributed by atoms with van der Waals surface area (Å²) in [6.45, 7) is 0. The van der Waals surface area contributed by atoms with E-state index in [1.807, 2.05) is 0 Å². The molecule has 0 aromatic carbocycles. The Bertz CT molecular complexity index is 459. The molecular weight excluding hydrogens is 280 g/mol. The van der Waals surface area contributed by atoms with E-state index in [2.05, 4.69) is 31.3 Å². The van der Waals surface area contributed by atoms with Gasteiger partial charge in [-0.1, -0.05) is 0 Å². The summed E-state index contributed by atoms with van der Waals surface area (Å²) in [4.78, 5) is 15.7. The van der Waals surface area contributed by atoms with Crippen LogP contribution < -0.4 is 5.32 Å². The molecule has 0 spiro atoms. The number of carbonyl (C=O) groups is 1. The quantitative estimate of drug-likeness (QED) is 0.917. The lowest BCUT2D eigenvalue weighted by atomic mass is 10.4. The third-order valence-corrected chi connectivity index (χ3v) is 3.03. The predicted octanol–water partition coefficient (Wildman–Crippen LogP) is 1.89. The molecule has 5 nitrogen and oxygen atoms in total. The Morgan fingerprint density at radius 3 is 3.00 bits per heavy atom. The van der Waals surface area contributed by atoms with E-state index in [-0.39, 0.29) is 5.91 Å². The van der Waals surface area contributed by atoms with Crippen molar-refractivity contribution in [1.82, 2.24) is 14.8 Å². The van der Waals surface area contributed by atoms with Crippen LogP contribution in [0.4, 0.5) is 5.13 Å². The molecule has 0 unspecified atom stereocenters. The van der Waals surface area contributed by atoms with Crippen LogP contribution in [-0.4, -0.2) is 20.7 Å². The topological polar surface area (TPSA) is 59.8 Å². The Labute approximate surface area is 98.3 Å². The fourth-order valence-electron chi connectivity index (χ4n) is 1.11. The van der Waals surface area contributed by atoms with Crippen LogP contribution in [0.25, 0.3) is 0 Å². The Morgan fingerprint density at radius 1 is 1.67 bits per heavy atom. The lowest BCUT2D eigenvalue weighted by molar-refractivity contribution is 0.101. The van der Waals surface area contributed by atoms with Gasteiger partial charge >= 0.3 is 0 Å². The number of nitrogens with one attached hydrogen (secondary N) is 1. The van der Waals surface area contributed by atoms with E-state index in [9.17, 15) is 4.79 Å². The molecule has 2 heterocycles. The molecule has 0 atom stereocenters. The average Bonchev–Trinajstić information content (AvgIpc) is 2.77. The van der Waals surface area contributed by atoms with Crippen LogP contribution in [0.5, 0.6) is 0 Å². The van der Waals surface area contributed by atoms with Gasteiger partial charge in [0, 0.05) is 18.6 Å². The van der Waals surface area contributed by atoms with Crippen molar-refractivity contribution in [2.24, 2.45) is 7.05 Å². The minimum absolute atomic E-state index is 0.225. The smallest absolute Gasteiger partial charge is 0.276 e. The molecule has 0 saturated carbocycles. The van der Waals surface area contributed by atoms with Crippen molar-refractivity contribution >= 4 is 38.3 Å². The van der Waals surface area contributed by atoms with Crippen LogP contribution in [0, 0.1) is 0 Å². The van der Waals surface area contributed by atoms with E-state index in [1.165, 1.54) is 16.0 Å². The normalized spacial score (nSPS) is 10.3. The molecule has 0 bridgehead atoms. The number of carbonyl (C=O) groups excluding carboxylic acids is 1. The van der Waals surface area contributed by atoms with Crippen LogP contribution in [-0.2, 0) is 7.05 Å². The molecule has 0 aliphatic carbocycles. The minimum atomic E-state index is -0.225. The van der Waals surface area contributed by atoms with E-state index in [1.54, 1.807) is 24.8 Å². The second kappa shape index (κ2) is 4.11. The molecule has 0 saturated heterocycles. The minimum Gasteiger partial charge on any atom is -0.296 e. The maximum absolute atomic E-state index is 11.8. The average molecular weight is 287 g/mol. The highest BCUT2D eigenvalue weighted by molar-refractivity contribution is 9.10. The van der Waals surface area contributed by atoms with E-state index in [4.69, 9.17) is 0 Å². The lowest BCUT2D eigenvalue weighted by Crippen LogP contribution is -2.16. The summed E-state index contributed by atoms with van der Waals surface area (Å²) in [5.74, 6) is -0.225. The summed E-state index contributed by atoms with van der Waals surface area (Å²) < 4.78 is 2.17. The van der Waals surface area contributed by atoms with Crippen molar-refractivity contribution in [3.8, 4) is 0 Å². The molecule has 2 aromatic heterocycles. The number of hydrogen-bond donors (Lipinski definition) is 1. The van der Waals surface area contributed by atoms with Gasteiger partial charge in [0.05, 0.1) is 10.7 Å². The fourth-order valence-corrected chi connectivity index (χ4v) is 2.16. The molecule has 15 heavy (non-hydrogen) atoms. The first-order chi connectivity index (χ1) is 7.18. The molecule has 2 aromatic rings. The van der Waals surface area contributed by atoms with Crippen molar-refractivity contribution in [3.63, 3.8) is 0 Å². The van der Waals surface area contributed by atoms with Crippen LogP contribution in [0.1, 0.15) is 10.5 Å². The zero-order chi connectivity index (χ0) is 10.8. The number of aryl methyl sites for hydroxylation is 1. The molecule has 1 amide bonds.